The van der Waals surface area contributed by atoms with Crippen LogP contribution in [-0.2, 0) is 0 Å². The lowest BCUT2D eigenvalue weighted by atomic mass is 10.1. The van der Waals surface area contributed by atoms with Crippen LogP contribution in [0.1, 0.15) is 16.1 Å². The topological polar surface area (TPSA) is 50.2 Å². The molecule has 3 nitrogen and oxygen atoms in total. The third-order valence-corrected chi connectivity index (χ3v) is 4.23. The van der Waals surface area contributed by atoms with Crippen molar-refractivity contribution in [2.45, 2.75) is 16.7 Å². The van der Waals surface area contributed by atoms with E-state index in [1.54, 1.807) is 0 Å². The summed E-state index contributed by atoms with van der Waals surface area (Å²) >= 11 is 1.45. The lowest BCUT2D eigenvalue weighted by Gasteiger charge is -2.07. The van der Waals surface area contributed by atoms with Crippen molar-refractivity contribution >= 4 is 28.5 Å². The zero-order chi connectivity index (χ0) is 14.8. The van der Waals surface area contributed by atoms with Gasteiger partial charge in [0.15, 0.2) is 0 Å². The first kappa shape index (κ1) is 13.6. The molecule has 0 aliphatic heterocycles. The zero-order valence-electron chi connectivity index (χ0n) is 11.4. The molecule has 0 saturated carbocycles. The first-order chi connectivity index (χ1) is 10.1. The predicted molar refractivity (Wildman–Crippen MR) is 84.0 cm³/mol. The van der Waals surface area contributed by atoms with Gasteiger partial charge in [0, 0.05) is 21.7 Å². The molecule has 1 N–H and O–H groups in total. The number of hydrogen-bond donors (Lipinski definition) is 1. The lowest BCUT2D eigenvalue weighted by molar-refractivity contribution is 0.0692. The number of carboxylic acids is 1. The molecule has 0 amide bonds. The minimum absolute atomic E-state index is 0.235. The average molecular weight is 295 g/mol. The van der Waals surface area contributed by atoms with Crippen LogP contribution in [0.15, 0.2) is 64.5 Å². The number of pyridine rings is 1. The fraction of sp³-hybridized carbons (Fsp3) is 0.0588. The number of carbonyl (C=O) groups is 1. The minimum Gasteiger partial charge on any atom is -0.478 e. The molecule has 0 spiro atoms. The van der Waals surface area contributed by atoms with Crippen molar-refractivity contribution in [3.8, 4) is 0 Å². The molecule has 2 aromatic carbocycles. The molecule has 0 saturated heterocycles. The molecule has 104 valence electrons. The van der Waals surface area contributed by atoms with Gasteiger partial charge < -0.3 is 5.11 Å². The van der Waals surface area contributed by atoms with Crippen molar-refractivity contribution in [2.24, 2.45) is 0 Å². The summed E-state index contributed by atoms with van der Waals surface area (Å²) in [5.74, 6) is -0.953. The Hall–Kier alpha value is -2.33. The van der Waals surface area contributed by atoms with Crippen molar-refractivity contribution in [1.82, 2.24) is 4.98 Å². The third kappa shape index (κ3) is 2.90. The zero-order valence-corrected chi connectivity index (χ0v) is 12.2. The highest BCUT2D eigenvalue weighted by molar-refractivity contribution is 7.99. The molecule has 3 aromatic rings. The number of carboxylic acid groups (broad SMARTS) is 1. The van der Waals surface area contributed by atoms with E-state index < -0.39 is 5.97 Å². The van der Waals surface area contributed by atoms with Gasteiger partial charge in [-0.2, -0.15) is 0 Å². The SMILES string of the molecule is Cc1cc(Sc2ccc3ccccc3c2)c(C(=O)O)cn1. The largest absolute Gasteiger partial charge is 0.478 e. The van der Waals surface area contributed by atoms with E-state index in [0.717, 1.165) is 16.0 Å². The molecule has 0 radical (unpaired) electrons. The van der Waals surface area contributed by atoms with Crippen molar-refractivity contribution in [1.29, 1.82) is 0 Å². The summed E-state index contributed by atoms with van der Waals surface area (Å²) in [6.45, 7) is 1.86. The second-order valence-electron chi connectivity index (χ2n) is 4.74. The highest BCUT2D eigenvalue weighted by atomic mass is 32.2. The van der Waals surface area contributed by atoms with E-state index >= 15 is 0 Å². The lowest BCUT2D eigenvalue weighted by Crippen LogP contribution is -2.00. The Balaban J connectivity index is 2.02. The van der Waals surface area contributed by atoms with Crippen LogP contribution in [0.5, 0.6) is 0 Å². The fourth-order valence-electron chi connectivity index (χ4n) is 2.14. The van der Waals surface area contributed by atoms with Gasteiger partial charge >= 0.3 is 5.97 Å². The van der Waals surface area contributed by atoms with Crippen LogP contribution >= 0.6 is 11.8 Å². The number of aromatic nitrogens is 1. The van der Waals surface area contributed by atoms with Gasteiger partial charge in [0.1, 0.15) is 0 Å². The molecule has 1 heterocycles. The summed E-state index contributed by atoms with van der Waals surface area (Å²) in [5, 5.41) is 11.6. The fourth-order valence-corrected chi connectivity index (χ4v) is 3.19. The van der Waals surface area contributed by atoms with Crippen LogP contribution in [0.2, 0.25) is 0 Å². The highest BCUT2D eigenvalue weighted by Gasteiger charge is 2.12. The minimum atomic E-state index is -0.953. The summed E-state index contributed by atoms with van der Waals surface area (Å²) < 4.78 is 0. The number of aromatic carboxylic acids is 1. The van der Waals surface area contributed by atoms with Gasteiger partial charge in [-0.1, -0.05) is 42.1 Å². The maximum atomic E-state index is 11.3. The summed E-state index contributed by atoms with van der Waals surface area (Å²) in [4.78, 5) is 17.1. The average Bonchev–Trinajstić information content (AvgIpc) is 2.47. The number of aryl methyl sites for hydroxylation is 1. The smallest absolute Gasteiger partial charge is 0.338 e. The van der Waals surface area contributed by atoms with Crippen LogP contribution < -0.4 is 0 Å². The summed E-state index contributed by atoms with van der Waals surface area (Å²) in [7, 11) is 0. The van der Waals surface area contributed by atoms with E-state index in [1.165, 1.54) is 23.3 Å². The van der Waals surface area contributed by atoms with E-state index in [1.807, 2.05) is 37.3 Å². The van der Waals surface area contributed by atoms with Gasteiger partial charge in [0.05, 0.1) is 5.56 Å². The van der Waals surface area contributed by atoms with E-state index in [2.05, 4.69) is 23.2 Å². The van der Waals surface area contributed by atoms with Gasteiger partial charge in [-0.25, -0.2) is 4.79 Å². The second kappa shape index (κ2) is 5.58. The molecule has 0 aliphatic carbocycles. The molecule has 0 bridgehead atoms. The Labute approximate surface area is 126 Å². The monoisotopic (exact) mass is 295 g/mol. The molecule has 0 unspecified atom stereocenters. The number of hydrogen-bond acceptors (Lipinski definition) is 3. The molecule has 4 heteroatoms. The van der Waals surface area contributed by atoms with E-state index in [0.29, 0.717) is 4.90 Å². The second-order valence-corrected chi connectivity index (χ2v) is 5.85. The van der Waals surface area contributed by atoms with E-state index in [9.17, 15) is 9.90 Å². The van der Waals surface area contributed by atoms with E-state index in [-0.39, 0.29) is 5.56 Å². The molecule has 21 heavy (non-hydrogen) atoms. The summed E-state index contributed by atoms with van der Waals surface area (Å²) in [6.07, 6.45) is 1.42. The van der Waals surface area contributed by atoms with Gasteiger partial charge in [-0.15, -0.1) is 0 Å². The Bertz CT molecular complexity index is 830. The van der Waals surface area contributed by atoms with Crippen molar-refractivity contribution in [3.05, 3.63) is 66.0 Å². The Morgan fingerprint density at radius 1 is 1.10 bits per heavy atom. The van der Waals surface area contributed by atoms with Crippen molar-refractivity contribution in [2.75, 3.05) is 0 Å². The van der Waals surface area contributed by atoms with Crippen LogP contribution in [0, 0.1) is 6.92 Å². The molecule has 1 aromatic heterocycles. The van der Waals surface area contributed by atoms with Gasteiger partial charge in [-0.05, 0) is 35.9 Å². The summed E-state index contributed by atoms with van der Waals surface area (Å²) in [6, 6.07) is 16.0. The standard InChI is InChI=1S/C17H13NO2S/c1-11-8-16(15(10-18-11)17(19)20)21-14-7-6-12-4-2-3-5-13(12)9-14/h2-10H,1H3,(H,19,20). The number of nitrogens with zero attached hydrogens (tertiary/aromatic N) is 1. The maximum Gasteiger partial charge on any atom is 0.338 e. The first-order valence-corrected chi connectivity index (χ1v) is 7.32. The predicted octanol–water partition coefficient (Wildman–Crippen LogP) is 4.39. The van der Waals surface area contributed by atoms with Gasteiger partial charge in [0.25, 0.3) is 0 Å². The molecule has 0 aliphatic rings. The molecule has 3 rings (SSSR count). The number of benzene rings is 2. The quantitative estimate of drug-likeness (QED) is 0.778. The Kier molecular flexibility index (Phi) is 3.62. The van der Waals surface area contributed by atoms with Gasteiger partial charge in [-0.3, -0.25) is 4.98 Å². The number of fused-ring (bicyclic) bond motifs is 1. The van der Waals surface area contributed by atoms with Crippen LogP contribution in [0.3, 0.4) is 0 Å². The maximum absolute atomic E-state index is 11.3. The molecule has 0 atom stereocenters. The third-order valence-electron chi connectivity index (χ3n) is 3.18. The van der Waals surface area contributed by atoms with Gasteiger partial charge in [0.2, 0.25) is 0 Å². The summed E-state index contributed by atoms with van der Waals surface area (Å²) in [5.41, 5.74) is 1.04. The van der Waals surface area contributed by atoms with Crippen molar-refractivity contribution in [3.63, 3.8) is 0 Å². The first-order valence-electron chi connectivity index (χ1n) is 6.50. The molecular weight excluding hydrogens is 282 g/mol. The Morgan fingerprint density at radius 2 is 1.86 bits per heavy atom. The molecule has 0 fully saturated rings. The van der Waals surface area contributed by atoms with Crippen LogP contribution in [0.4, 0.5) is 0 Å². The van der Waals surface area contributed by atoms with Crippen molar-refractivity contribution < 1.29 is 9.90 Å². The van der Waals surface area contributed by atoms with Crippen LogP contribution in [-0.4, -0.2) is 16.1 Å². The Morgan fingerprint density at radius 3 is 2.62 bits per heavy atom. The van der Waals surface area contributed by atoms with E-state index in [4.69, 9.17) is 0 Å². The normalized spacial score (nSPS) is 10.7. The highest BCUT2D eigenvalue weighted by Crippen LogP contribution is 2.32. The van der Waals surface area contributed by atoms with Crippen LogP contribution in [0.25, 0.3) is 10.8 Å². The number of rotatable bonds is 3. The molecular formula is C17H13NO2S.